The maximum atomic E-state index is 12.2. The molecule has 0 saturated heterocycles. The van der Waals surface area contributed by atoms with E-state index in [0.717, 1.165) is 18.4 Å². The number of aryl methyl sites for hydroxylation is 1. The van der Waals surface area contributed by atoms with Crippen LogP contribution in [0.25, 0.3) is 0 Å². The van der Waals surface area contributed by atoms with Gasteiger partial charge in [0.05, 0.1) is 6.04 Å². The summed E-state index contributed by atoms with van der Waals surface area (Å²) in [4.78, 5) is 24.3. The molecule has 2 rings (SSSR count). The molecule has 0 spiro atoms. The van der Waals surface area contributed by atoms with Crippen molar-refractivity contribution in [2.24, 2.45) is 0 Å². The van der Waals surface area contributed by atoms with Crippen LogP contribution in [0.15, 0.2) is 52.3 Å². The van der Waals surface area contributed by atoms with Gasteiger partial charge in [-0.05, 0) is 18.9 Å². The minimum Gasteiger partial charge on any atom is -0.309 e. The van der Waals surface area contributed by atoms with Crippen LogP contribution in [-0.4, -0.2) is 9.13 Å². The molecule has 0 radical (unpaired) electrons. The number of hydrogen-bond acceptors (Lipinski definition) is 2. The molecule has 20 heavy (non-hydrogen) atoms. The second kappa shape index (κ2) is 6.37. The highest BCUT2D eigenvalue weighted by Crippen LogP contribution is 2.14. The van der Waals surface area contributed by atoms with Crippen molar-refractivity contribution in [1.29, 1.82) is 0 Å². The predicted molar refractivity (Wildman–Crippen MR) is 80.1 cm³/mol. The SMILES string of the molecule is CCCCn1ccn(C(C)c2ccccc2)c(=O)c1=O. The third kappa shape index (κ3) is 2.90. The summed E-state index contributed by atoms with van der Waals surface area (Å²) >= 11 is 0. The van der Waals surface area contributed by atoms with Gasteiger partial charge in [-0.2, -0.15) is 0 Å². The second-order valence-electron chi connectivity index (χ2n) is 4.95. The van der Waals surface area contributed by atoms with Gasteiger partial charge in [-0.3, -0.25) is 9.59 Å². The first-order valence-corrected chi connectivity index (χ1v) is 7.01. The first-order chi connectivity index (χ1) is 9.65. The Balaban J connectivity index is 2.37. The fraction of sp³-hybridized carbons (Fsp3) is 0.375. The summed E-state index contributed by atoms with van der Waals surface area (Å²) in [6.07, 6.45) is 5.31. The largest absolute Gasteiger partial charge is 0.317 e. The molecule has 0 saturated carbocycles. The van der Waals surface area contributed by atoms with Crippen LogP contribution in [-0.2, 0) is 6.54 Å². The van der Waals surface area contributed by atoms with Crippen molar-refractivity contribution < 1.29 is 0 Å². The van der Waals surface area contributed by atoms with Gasteiger partial charge in [0.15, 0.2) is 0 Å². The molecule has 4 heteroatoms. The molecule has 2 aromatic rings. The molecule has 1 unspecified atom stereocenters. The van der Waals surface area contributed by atoms with Crippen LogP contribution >= 0.6 is 0 Å². The van der Waals surface area contributed by atoms with E-state index in [1.54, 1.807) is 12.4 Å². The van der Waals surface area contributed by atoms with Crippen molar-refractivity contribution >= 4 is 0 Å². The van der Waals surface area contributed by atoms with E-state index >= 15 is 0 Å². The van der Waals surface area contributed by atoms with Crippen LogP contribution in [0, 0.1) is 0 Å². The molecule has 0 bridgehead atoms. The van der Waals surface area contributed by atoms with Crippen molar-refractivity contribution in [3.8, 4) is 0 Å². The lowest BCUT2D eigenvalue weighted by atomic mass is 10.1. The third-order valence-corrected chi connectivity index (χ3v) is 3.54. The van der Waals surface area contributed by atoms with Gasteiger partial charge < -0.3 is 9.13 Å². The van der Waals surface area contributed by atoms with Crippen molar-refractivity contribution in [3.63, 3.8) is 0 Å². The highest BCUT2D eigenvalue weighted by Gasteiger charge is 2.12. The van der Waals surface area contributed by atoms with Crippen LogP contribution in [0.2, 0.25) is 0 Å². The zero-order chi connectivity index (χ0) is 14.5. The number of nitrogens with zero attached hydrogens (tertiary/aromatic N) is 2. The average molecular weight is 272 g/mol. The molecule has 106 valence electrons. The molecular formula is C16H20N2O2. The van der Waals surface area contributed by atoms with E-state index in [2.05, 4.69) is 6.92 Å². The molecule has 0 N–H and O–H groups in total. The highest BCUT2D eigenvalue weighted by atomic mass is 16.2. The van der Waals surface area contributed by atoms with Crippen LogP contribution in [0.1, 0.15) is 38.3 Å². The molecule has 0 fully saturated rings. The molecule has 0 amide bonds. The average Bonchev–Trinajstić information content (AvgIpc) is 2.49. The Morgan fingerprint density at radius 2 is 1.75 bits per heavy atom. The van der Waals surface area contributed by atoms with Crippen LogP contribution in [0.3, 0.4) is 0 Å². The lowest BCUT2D eigenvalue weighted by Crippen LogP contribution is -2.41. The van der Waals surface area contributed by atoms with Gasteiger partial charge >= 0.3 is 11.1 Å². The van der Waals surface area contributed by atoms with Crippen molar-refractivity contribution in [1.82, 2.24) is 9.13 Å². The molecule has 1 heterocycles. The normalized spacial score (nSPS) is 12.3. The lowest BCUT2D eigenvalue weighted by molar-refractivity contribution is 0.553. The molecule has 0 aliphatic rings. The first kappa shape index (κ1) is 14.3. The Hall–Kier alpha value is -2.10. The standard InChI is InChI=1S/C16H20N2O2/c1-3-4-10-17-11-12-18(16(20)15(17)19)13(2)14-8-6-5-7-9-14/h5-9,11-13H,3-4,10H2,1-2H3. The third-order valence-electron chi connectivity index (χ3n) is 3.54. The van der Waals surface area contributed by atoms with Gasteiger partial charge in [0.25, 0.3) is 0 Å². The van der Waals surface area contributed by atoms with Gasteiger partial charge in [-0.1, -0.05) is 43.7 Å². The molecule has 1 aromatic heterocycles. The van der Waals surface area contributed by atoms with Gasteiger partial charge in [-0.15, -0.1) is 0 Å². The molecule has 0 aliphatic heterocycles. The highest BCUT2D eigenvalue weighted by molar-refractivity contribution is 5.19. The topological polar surface area (TPSA) is 44.0 Å². The van der Waals surface area contributed by atoms with Crippen LogP contribution < -0.4 is 11.1 Å². The molecule has 1 aromatic carbocycles. The Labute approximate surface area is 118 Å². The quantitative estimate of drug-likeness (QED) is 0.785. The van der Waals surface area contributed by atoms with E-state index in [9.17, 15) is 9.59 Å². The number of benzene rings is 1. The van der Waals surface area contributed by atoms with Crippen LogP contribution in [0.5, 0.6) is 0 Å². The van der Waals surface area contributed by atoms with Gasteiger partial charge in [-0.25, -0.2) is 0 Å². The number of aromatic nitrogens is 2. The zero-order valence-electron chi connectivity index (χ0n) is 12.0. The van der Waals surface area contributed by atoms with Crippen LogP contribution in [0.4, 0.5) is 0 Å². The minimum absolute atomic E-state index is 0.141. The van der Waals surface area contributed by atoms with E-state index in [1.165, 1.54) is 9.13 Å². The summed E-state index contributed by atoms with van der Waals surface area (Å²) in [6, 6.07) is 9.57. The van der Waals surface area contributed by atoms with E-state index in [4.69, 9.17) is 0 Å². The zero-order valence-corrected chi connectivity index (χ0v) is 12.0. The molecular weight excluding hydrogens is 252 g/mol. The number of unbranched alkanes of at least 4 members (excludes halogenated alkanes) is 1. The monoisotopic (exact) mass is 272 g/mol. The van der Waals surface area contributed by atoms with E-state index in [-0.39, 0.29) is 6.04 Å². The molecule has 0 aliphatic carbocycles. The second-order valence-corrected chi connectivity index (χ2v) is 4.95. The molecule has 4 nitrogen and oxygen atoms in total. The Morgan fingerprint density at radius 3 is 2.40 bits per heavy atom. The Kier molecular flexibility index (Phi) is 4.56. The molecule has 1 atom stereocenters. The predicted octanol–water partition coefficient (Wildman–Crippen LogP) is 2.42. The fourth-order valence-electron chi connectivity index (χ4n) is 2.22. The summed E-state index contributed by atoms with van der Waals surface area (Å²) < 4.78 is 3.00. The van der Waals surface area contributed by atoms with E-state index in [1.807, 2.05) is 37.3 Å². The van der Waals surface area contributed by atoms with Gasteiger partial charge in [0.1, 0.15) is 0 Å². The lowest BCUT2D eigenvalue weighted by Gasteiger charge is -2.16. The number of rotatable bonds is 5. The summed E-state index contributed by atoms with van der Waals surface area (Å²) in [5.41, 5.74) is 0.115. The summed E-state index contributed by atoms with van der Waals surface area (Å²) in [5.74, 6) is 0. The summed E-state index contributed by atoms with van der Waals surface area (Å²) in [5, 5.41) is 0. The van der Waals surface area contributed by atoms with Crippen molar-refractivity contribution in [3.05, 3.63) is 69.0 Å². The maximum Gasteiger partial charge on any atom is 0.317 e. The van der Waals surface area contributed by atoms with Gasteiger partial charge in [0, 0.05) is 18.9 Å². The van der Waals surface area contributed by atoms with Crippen molar-refractivity contribution in [2.75, 3.05) is 0 Å². The summed E-state index contributed by atoms with van der Waals surface area (Å²) in [6.45, 7) is 4.58. The maximum absolute atomic E-state index is 12.2. The van der Waals surface area contributed by atoms with Crippen molar-refractivity contribution in [2.45, 2.75) is 39.3 Å². The number of hydrogen-bond donors (Lipinski definition) is 0. The Morgan fingerprint density at radius 1 is 1.05 bits per heavy atom. The van der Waals surface area contributed by atoms with E-state index < -0.39 is 11.1 Å². The fourth-order valence-corrected chi connectivity index (χ4v) is 2.22. The van der Waals surface area contributed by atoms with E-state index in [0.29, 0.717) is 6.54 Å². The smallest absolute Gasteiger partial charge is 0.309 e. The first-order valence-electron chi connectivity index (χ1n) is 7.01. The Bertz CT molecular complexity index is 671. The van der Waals surface area contributed by atoms with Gasteiger partial charge in [0.2, 0.25) is 0 Å². The summed E-state index contributed by atoms with van der Waals surface area (Å²) in [7, 11) is 0. The minimum atomic E-state index is -0.458.